The highest BCUT2D eigenvalue weighted by atomic mass is 16.2. The normalized spacial score (nSPS) is 11.3. The van der Waals surface area contributed by atoms with Gasteiger partial charge >= 0.3 is 5.69 Å². The largest absolute Gasteiger partial charge is 0.329 e. The summed E-state index contributed by atoms with van der Waals surface area (Å²) >= 11 is 0. The third kappa shape index (κ3) is 3.55. The van der Waals surface area contributed by atoms with Crippen LogP contribution in [0.5, 0.6) is 0 Å². The molecule has 5 nitrogen and oxygen atoms in total. The Hall–Kier alpha value is -3.65. The van der Waals surface area contributed by atoms with Gasteiger partial charge in [0.2, 0.25) is 0 Å². The Balaban J connectivity index is 2.26. The smallest absolute Gasteiger partial charge is 0.288 e. The lowest BCUT2D eigenvalue weighted by atomic mass is 9.98. The molecule has 128 valence electrons. The number of hydrogen-bond acceptors (Lipinski definition) is 2. The van der Waals surface area contributed by atoms with Gasteiger partial charge in [-0.3, -0.25) is 14.3 Å². The van der Waals surface area contributed by atoms with E-state index in [1.807, 2.05) is 60.7 Å². The van der Waals surface area contributed by atoms with Crippen molar-refractivity contribution in [2.45, 2.75) is 13.0 Å². The fraction of sp³-hybridized carbons (Fsp3) is 0.0952. The summed E-state index contributed by atoms with van der Waals surface area (Å²) in [6.45, 7) is 8.67. The molecule has 3 aromatic rings. The number of rotatable bonds is 4. The predicted octanol–water partition coefficient (Wildman–Crippen LogP) is 3.45. The zero-order chi connectivity index (χ0) is 18.5. The molecule has 0 spiro atoms. The molecule has 5 heteroatoms. The number of nitrogens with zero attached hydrogens (tertiary/aromatic N) is 2. The van der Waals surface area contributed by atoms with E-state index in [1.165, 1.54) is 16.8 Å². The molecule has 0 fully saturated rings. The fourth-order valence-corrected chi connectivity index (χ4v) is 2.84. The molecule has 2 aromatic carbocycles. The van der Waals surface area contributed by atoms with Gasteiger partial charge in [0.15, 0.2) is 5.70 Å². The maximum absolute atomic E-state index is 12.6. The van der Waals surface area contributed by atoms with Crippen molar-refractivity contribution in [3.8, 4) is 0 Å². The van der Waals surface area contributed by atoms with Crippen molar-refractivity contribution in [3.05, 3.63) is 122 Å². The fourth-order valence-electron chi connectivity index (χ4n) is 2.84. The minimum atomic E-state index is -0.505. The lowest BCUT2D eigenvalue weighted by Crippen LogP contribution is -2.34. The van der Waals surface area contributed by atoms with Crippen molar-refractivity contribution in [1.82, 2.24) is 9.55 Å². The van der Waals surface area contributed by atoms with Gasteiger partial charge in [-0.25, -0.2) is 9.64 Å². The molecule has 0 saturated heterocycles. The first kappa shape index (κ1) is 17.2. The zero-order valence-corrected chi connectivity index (χ0v) is 14.2. The molecule has 1 N–H and O–H groups in total. The van der Waals surface area contributed by atoms with E-state index < -0.39 is 11.2 Å². The Bertz CT molecular complexity index is 1050. The molecule has 0 saturated carbocycles. The molecule has 0 unspecified atom stereocenters. The Morgan fingerprint density at radius 3 is 2.08 bits per heavy atom. The van der Waals surface area contributed by atoms with Gasteiger partial charge in [-0.15, -0.1) is 0 Å². The Morgan fingerprint density at radius 2 is 1.58 bits per heavy atom. The van der Waals surface area contributed by atoms with Gasteiger partial charge < -0.3 is 0 Å². The standard InChI is InChI=1S/C21H17N3O2/c1-15(22-2)13-18-14-24(21(26)23-20(18)25)19(16-9-5-3-6-10-16)17-11-7-4-8-12-17/h3-14,19H,1H3,(H,23,25,26)/b15-13-. The van der Waals surface area contributed by atoms with Gasteiger partial charge in [-0.1, -0.05) is 60.7 Å². The van der Waals surface area contributed by atoms with Crippen molar-refractivity contribution >= 4 is 6.08 Å². The van der Waals surface area contributed by atoms with Gasteiger partial charge in [0.1, 0.15) is 0 Å². The van der Waals surface area contributed by atoms with E-state index in [0.717, 1.165) is 11.1 Å². The van der Waals surface area contributed by atoms with Crippen molar-refractivity contribution in [1.29, 1.82) is 0 Å². The summed E-state index contributed by atoms with van der Waals surface area (Å²) in [5, 5.41) is 0. The van der Waals surface area contributed by atoms with E-state index in [1.54, 1.807) is 6.92 Å². The Kier molecular flexibility index (Phi) is 4.95. The van der Waals surface area contributed by atoms with Crippen molar-refractivity contribution in [2.75, 3.05) is 0 Å². The summed E-state index contributed by atoms with van der Waals surface area (Å²) in [6.07, 6.45) is 3.00. The van der Waals surface area contributed by atoms with Crippen LogP contribution in [0.4, 0.5) is 0 Å². The van der Waals surface area contributed by atoms with Gasteiger partial charge in [-0.05, 0) is 24.1 Å². The molecule has 0 aliphatic heterocycles. The van der Waals surface area contributed by atoms with E-state index in [2.05, 4.69) is 9.83 Å². The van der Waals surface area contributed by atoms with E-state index in [4.69, 9.17) is 6.57 Å². The van der Waals surface area contributed by atoms with Crippen LogP contribution in [0.15, 0.2) is 82.1 Å². The summed E-state index contributed by atoms with van der Waals surface area (Å²) in [4.78, 5) is 30.4. The summed E-state index contributed by atoms with van der Waals surface area (Å²) in [5.41, 5.74) is 1.49. The van der Waals surface area contributed by atoms with Gasteiger partial charge in [0.25, 0.3) is 5.56 Å². The maximum Gasteiger partial charge on any atom is 0.329 e. The molecule has 0 bridgehead atoms. The summed E-state index contributed by atoms with van der Waals surface area (Å²) in [7, 11) is 0. The zero-order valence-electron chi connectivity index (χ0n) is 14.2. The van der Waals surface area contributed by atoms with Crippen LogP contribution in [0.25, 0.3) is 10.9 Å². The quantitative estimate of drug-likeness (QED) is 0.738. The van der Waals surface area contributed by atoms with Gasteiger partial charge in [0.05, 0.1) is 12.6 Å². The average Bonchev–Trinajstić information content (AvgIpc) is 2.67. The summed E-state index contributed by atoms with van der Waals surface area (Å²) in [6, 6.07) is 18.8. The van der Waals surface area contributed by atoms with Crippen LogP contribution >= 0.6 is 0 Å². The Morgan fingerprint density at radius 1 is 1.04 bits per heavy atom. The predicted molar refractivity (Wildman–Crippen MR) is 102 cm³/mol. The minimum Gasteiger partial charge on any atom is -0.288 e. The molecular weight excluding hydrogens is 326 g/mol. The molecule has 0 aliphatic rings. The number of H-pyrrole nitrogens is 1. The number of aromatic amines is 1. The van der Waals surface area contributed by atoms with Crippen LogP contribution < -0.4 is 11.2 Å². The topological polar surface area (TPSA) is 59.2 Å². The molecule has 0 atom stereocenters. The Labute approximate surface area is 150 Å². The average molecular weight is 343 g/mol. The molecule has 0 radical (unpaired) electrons. The first-order chi connectivity index (χ1) is 12.6. The SMILES string of the molecule is [C-]#[N+]/C(C)=C\c1cn(C(c2ccccc2)c2ccccc2)c(=O)[nH]c1=O. The van der Waals surface area contributed by atoms with Crippen LogP contribution in [0.1, 0.15) is 29.7 Å². The van der Waals surface area contributed by atoms with Crippen LogP contribution in [0.3, 0.4) is 0 Å². The van der Waals surface area contributed by atoms with E-state index in [0.29, 0.717) is 5.70 Å². The lowest BCUT2D eigenvalue weighted by Gasteiger charge is -2.21. The van der Waals surface area contributed by atoms with Crippen molar-refractivity contribution < 1.29 is 0 Å². The second-order valence-corrected chi connectivity index (χ2v) is 5.87. The highest BCUT2D eigenvalue weighted by Gasteiger charge is 2.18. The van der Waals surface area contributed by atoms with Crippen LogP contribution in [0.2, 0.25) is 0 Å². The highest BCUT2D eigenvalue weighted by Crippen LogP contribution is 2.25. The van der Waals surface area contributed by atoms with Crippen molar-refractivity contribution in [2.24, 2.45) is 0 Å². The number of aromatic nitrogens is 2. The number of hydrogen-bond donors (Lipinski definition) is 1. The second kappa shape index (κ2) is 7.49. The molecule has 3 rings (SSSR count). The molecule has 1 heterocycles. The number of benzene rings is 2. The molecule has 26 heavy (non-hydrogen) atoms. The molecule has 0 amide bonds. The second-order valence-electron chi connectivity index (χ2n) is 5.87. The van der Waals surface area contributed by atoms with E-state index in [-0.39, 0.29) is 11.6 Å². The lowest BCUT2D eigenvalue weighted by molar-refractivity contribution is 0.625. The van der Waals surface area contributed by atoms with Crippen LogP contribution in [0, 0.1) is 6.57 Å². The first-order valence-electron chi connectivity index (χ1n) is 8.11. The third-order valence-corrected chi connectivity index (χ3v) is 4.04. The van der Waals surface area contributed by atoms with Crippen LogP contribution in [-0.4, -0.2) is 9.55 Å². The van der Waals surface area contributed by atoms with Crippen molar-refractivity contribution in [3.63, 3.8) is 0 Å². The maximum atomic E-state index is 12.6. The molecular formula is C21H17N3O2. The molecule has 0 aliphatic carbocycles. The number of nitrogens with one attached hydrogen (secondary N) is 1. The van der Waals surface area contributed by atoms with Crippen LogP contribution in [-0.2, 0) is 0 Å². The van der Waals surface area contributed by atoms with E-state index >= 15 is 0 Å². The molecule has 1 aromatic heterocycles. The number of allylic oxidation sites excluding steroid dienone is 1. The van der Waals surface area contributed by atoms with Gasteiger partial charge in [-0.2, -0.15) is 0 Å². The first-order valence-corrected chi connectivity index (χ1v) is 8.11. The minimum absolute atomic E-state index is 0.273. The monoisotopic (exact) mass is 343 g/mol. The van der Waals surface area contributed by atoms with Gasteiger partial charge in [0, 0.05) is 11.8 Å². The highest BCUT2D eigenvalue weighted by molar-refractivity contribution is 5.52. The van der Waals surface area contributed by atoms with E-state index in [9.17, 15) is 9.59 Å². The summed E-state index contributed by atoms with van der Waals surface area (Å²) < 4.78 is 1.50. The third-order valence-electron chi connectivity index (χ3n) is 4.04. The summed E-state index contributed by atoms with van der Waals surface area (Å²) in [5.74, 6) is 0.